The van der Waals surface area contributed by atoms with Crippen LogP contribution in [0.15, 0.2) is 24.3 Å². The van der Waals surface area contributed by atoms with E-state index in [4.69, 9.17) is 0 Å². The Morgan fingerprint density at radius 2 is 2.17 bits per heavy atom. The number of hydrogen-bond donors (Lipinski definition) is 1. The Bertz CT molecular complexity index is 562. The first-order chi connectivity index (χ1) is 8.85. The zero-order valence-electron chi connectivity index (χ0n) is 10.5. The average Bonchev–Trinajstić information content (AvgIpc) is 2.75. The molecular weight excluding hydrogens is 226 g/mol. The Hall–Kier alpha value is -1.68. The topological polar surface area (TPSA) is 50.9 Å². The largest absolute Gasteiger partial charge is 0.388 e. The van der Waals surface area contributed by atoms with Gasteiger partial charge < -0.3 is 9.67 Å². The fourth-order valence-corrected chi connectivity index (χ4v) is 2.68. The molecule has 2 aromatic rings. The van der Waals surface area contributed by atoms with E-state index in [0.29, 0.717) is 11.7 Å². The highest BCUT2D eigenvalue weighted by atomic mass is 16.3. The molecule has 1 aromatic heterocycles. The Kier molecular flexibility index (Phi) is 2.88. The first-order valence-electron chi connectivity index (χ1n) is 6.45. The lowest BCUT2D eigenvalue weighted by Gasteiger charge is -2.29. The zero-order chi connectivity index (χ0) is 12.5. The van der Waals surface area contributed by atoms with E-state index in [2.05, 4.69) is 46.0 Å². The molecule has 1 unspecified atom stereocenters. The predicted molar refractivity (Wildman–Crippen MR) is 68.2 cm³/mol. The fourth-order valence-electron chi connectivity index (χ4n) is 2.68. The van der Waals surface area contributed by atoms with Gasteiger partial charge in [0.05, 0.1) is 0 Å². The van der Waals surface area contributed by atoms with Crippen LogP contribution in [-0.4, -0.2) is 19.9 Å². The highest BCUT2D eigenvalue weighted by Crippen LogP contribution is 2.39. The summed E-state index contributed by atoms with van der Waals surface area (Å²) in [6.07, 6.45) is 2.05. The molecule has 1 heterocycles. The Balaban J connectivity index is 1.97. The van der Waals surface area contributed by atoms with Crippen molar-refractivity contribution in [3.8, 4) is 0 Å². The summed E-state index contributed by atoms with van der Waals surface area (Å²) in [5.41, 5.74) is 2.76. The van der Waals surface area contributed by atoms with Crippen molar-refractivity contribution >= 4 is 0 Å². The molecule has 0 bridgehead atoms. The molecule has 0 aliphatic heterocycles. The Morgan fingerprint density at radius 3 is 2.89 bits per heavy atom. The van der Waals surface area contributed by atoms with Crippen molar-refractivity contribution in [3.63, 3.8) is 0 Å². The van der Waals surface area contributed by atoms with Gasteiger partial charge in [0.2, 0.25) is 0 Å². The summed E-state index contributed by atoms with van der Waals surface area (Å²) >= 11 is 0. The van der Waals surface area contributed by atoms with Crippen molar-refractivity contribution in [2.45, 2.75) is 38.8 Å². The van der Waals surface area contributed by atoms with Crippen LogP contribution in [0.2, 0.25) is 0 Å². The van der Waals surface area contributed by atoms with Crippen molar-refractivity contribution in [3.05, 3.63) is 47.0 Å². The predicted octanol–water partition coefficient (Wildman–Crippen LogP) is 1.87. The van der Waals surface area contributed by atoms with E-state index in [0.717, 1.165) is 25.2 Å². The summed E-state index contributed by atoms with van der Waals surface area (Å²) in [7, 11) is 0. The van der Waals surface area contributed by atoms with Crippen LogP contribution in [0.1, 0.15) is 42.0 Å². The minimum atomic E-state index is -0.0403. The highest BCUT2D eigenvalue weighted by Gasteiger charge is 2.31. The second kappa shape index (κ2) is 4.53. The molecule has 0 amide bonds. The maximum atomic E-state index is 9.30. The summed E-state index contributed by atoms with van der Waals surface area (Å²) in [6, 6.07) is 8.47. The molecule has 3 rings (SSSR count). The maximum absolute atomic E-state index is 9.30. The van der Waals surface area contributed by atoms with Crippen LogP contribution in [-0.2, 0) is 19.6 Å². The van der Waals surface area contributed by atoms with Crippen molar-refractivity contribution in [2.75, 3.05) is 0 Å². The average molecular weight is 243 g/mol. The molecule has 0 saturated carbocycles. The second-order valence-corrected chi connectivity index (χ2v) is 4.74. The van der Waals surface area contributed by atoms with Crippen molar-refractivity contribution < 1.29 is 5.11 Å². The lowest BCUT2D eigenvalue weighted by atomic mass is 9.77. The molecule has 0 spiro atoms. The number of aliphatic hydroxyl groups is 1. The van der Waals surface area contributed by atoms with E-state index in [-0.39, 0.29) is 6.61 Å². The number of aromatic nitrogens is 3. The molecular formula is C14H17N3O. The number of nitrogens with zero attached hydrogens (tertiary/aromatic N) is 3. The summed E-state index contributed by atoms with van der Waals surface area (Å²) < 4.78 is 2.07. The molecule has 0 fully saturated rings. The molecule has 94 valence electrons. The summed E-state index contributed by atoms with van der Waals surface area (Å²) in [6.45, 7) is 2.96. The van der Waals surface area contributed by atoms with Gasteiger partial charge in [0.1, 0.15) is 12.4 Å². The minimum absolute atomic E-state index is 0.0403. The molecule has 0 saturated heterocycles. The number of aliphatic hydroxyl groups excluding tert-OH is 1. The van der Waals surface area contributed by atoms with Crippen LogP contribution in [0.5, 0.6) is 0 Å². The van der Waals surface area contributed by atoms with Gasteiger partial charge in [0, 0.05) is 12.5 Å². The van der Waals surface area contributed by atoms with E-state index in [1.54, 1.807) is 0 Å². The van der Waals surface area contributed by atoms with Gasteiger partial charge in [-0.05, 0) is 24.0 Å². The molecule has 4 nitrogen and oxygen atoms in total. The van der Waals surface area contributed by atoms with E-state index < -0.39 is 0 Å². The summed E-state index contributed by atoms with van der Waals surface area (Å²) in [5, 5.41) is 17.7. The number of rotatable bonds is 4. The third kappa shape index (κ3) is 1.64. The SMILES string of the molecule is CCCn1c(CO)nnc1C1Cc2ccccc21. The van der Waals surface area contributed by atoms with Gasteiger partial charge in [0.25, 0.3) is 0 Å². The van der Waals surface area contributed by atoms with Gasteiger partial charge in [0.15, 0.2) is 5.82 Å². The highest BCUT2D eigenvalue weighted by molar-refractivity contribution is 5.44. The molecule has 4 heteroatoms. The van der Waals surface area contributed by atoms with E-state index in [1.807, 2.05) is 0 Å². The van der Waals surface area contributed by atoms with Gasteiger partial charge in [-0.1, -0.05) is 31.2 Å². The van der Waals surface area contributed by atoms with Gasteiger partial charge >= 0.3 is 0 Å². The molecule has 1 atom stereocenters. The summed E-state index contributed by atoms with van der Waals surface area (Å²) in [5.74, 6) is 2.02. The zero-order valence-corrected chi connectivity index (χ0v) is 10.5. The van der Waals surface area contributed by atoms with Gasteiger partial charge in [-0.2, -0.15) is 0 Å². The molecule has 1 N–H and O–H groups in total. The van der Waals surface area contributed by atoms with Gasteiger partial charge in [-0.3, -0.25) is 0 Å². The first kappa shape index (κ1) is 11.4. The van der Waals surface area contributed by atoms with Crippen LogP contribution in [0.4, 0.5) is 0 Å². The standard InChI is InChI=1S/C14H17N3O/c1-2-7-17-13(9-18)15-16-14(17)12-8-10-5-3-4-6-11(10)12/h3-6,12,18H,2,7-9H2,1H3. The third-order valence-electron chi connectivity index (χ3n) is 3.61. The van der Waals surface area contributed by atoms with Gasteiger partial charge in [-0.15, -0.1) is 10.2 Å². The van der Waals surface area contributed by atoms with Crippen LogP contribution in [0.25, 0.3) is 0 Å². The second-order valence-electron chi connectivity index (χ2n) is 4.74. The van der Waals surface area contributed by atoms with Crippen LogP contribution in [0, 0.1) is 0 Å². The summed E-state index contributed by atoms with van der Waals surface area (Å²) in [4.78, 5) is 0. The van der Waals surface area contributed by atoms with Crippen molar-refractivity contribution in [1.82, 2.24) is 14.8 Å². The molecule has 1 aromatic carbocycles. The van der Waals surface area contributed by atoms with E-state index in [9.17, 15) is 5.11 Å². The molecule has 1 aliphatic carbocycles. The Labute approximate surface area is 106 Å². The fraction of sp³-hybridized carbons (Fsp3) is 0.429. The normalized spacial score (nSPS) is 17.3. The lowest BCUT2D eigenvalue weighted by Crippen LogP contribution is -2.22. The monoisotopic (exact) mass is 243 g/mol. The lowest BCUT2D eigenvalue weighted by molar-refractivity contribution is 0.263. The van der Waals surface area contributed by atoms with E-state index >= 15 is 0 Å². The van der Waals surface area contributed by atoms with Crippen LogP contribution < -0.4 is 0 Å². The first-order valence-corrected chi connectivity index (χ1v) is 6.45. The van der Waals surface area contributed by atoms with Crippen molar-refractivity contribution in [2.24, 2.45) is 0 Å². The smallest absolute Gasteiger partial charge is 0.158 e. The van der Waals surface area contributed by atoms with Crippen molar-refractivity contribution in [1.29, 1.82) is 0 Å². The van der Waals surface area contributed by atoms with Crippen LogP contribution in [0.3, 0.4) is 0 Å². The van der Waals surface area contributed by atoms with E-state index in [1.165, 1.54) is 11.1 Å². The Morgan fingerprint density at radius 1 is 1.33 bits per heavy atom. The van der Waals surface area contributed by atoms with Crippen LogP contribution >= 0.6 is 0 Å². The number of benzene rings is 1. The molecule has 18 heavy (non-hydrogen) atoms. The maximum Gasteiger partial charge on any atom is 0.158 e. The van der Waals surface area contributed by atoms with Gasteiger partial charge in [-0.25, -0.2) is 0 Å². The molecule has 0 radical (unpaired) electrons. The quantitative estimate of drug-likeness (QED) is 0.891. The minimum Gasteiger partial charge on any atom is -0.388 e. The molecule has 1 aliphatic rings. The third-order valence-corrected chi connectivity index (χ3v) is 3.61. The number of fused-ring (bicyclic) bond motifs is 1. The number of hydrogen-bond acceptors (Lipinski definition) is 3.